The minimum Gasteiger partial charge on any atom is -0.378 e. The van der Waals surface area contributed by atoms with Gasteiger partial charge in [-0.25, -0.2) is 0 Å². The fourth-order valence-corrected chi connectivity index (χ4v) is 4.77. The van der Waals surface area contributed by atoms with Gasteiger partial charge in [0, 0.05) is 48.9 Å². The van der Waals surface area contributed by atoms with Crippen molar-refractivity contribution in [3.8, 4) is 0 Å². The minimum atomic E-state index is -0.500. The van der Waals surface area contributed by atoms with Crippen LogP contribution in [0.5, 0.6) is 0 Å². The van der Waals surface area contributed by atoms with Gasteiger partial charge >= 0.3 is 0 Å². The first-order chi connectivity index (χ1) is 17.1. The molecule has 0 saturated carbocycles. The smallest absolute Gasteiger partial charge is 0.270 e. The summed E-state index contributed by atoms with van der Waals surface area (Å²) in [6.45, 7) is 6.73. The Morgan fingerprint density at radius 2 is 1.86 bits per heavy atom. The molecule has 1 amide bonds. The molecular weight excluding hydrogens is 448 g/mol. The summed E-state index contributed by atoms with van der Waals surface area (Å²) in [4.78, 5) is 28.3. The molecule has 5 rings (SSSR count). The van der Waals surface area contributed by atoms with Gasteiger partial charge in [-0.1, -0.05) is 12.5 Å². The fourth-order valence-electron chi connectivity index (χ4n) is 4.77. The van der Waals surface area contributed by atoms with Gasteiger partial charge in [-0.2, -0.15) is 5.10 Å². The molecule has 184 valence electrons. The molecule has 0 atom stereocenters. The van der Waals surface area contributed by atoms with E-state index in [9.17, 15) is 14.9 Å². The van der Waals surface area contributed by atoms with E-state index in [-0.39, 0.29) is 17.2 Å². The van der Waals surface area contributed by atoms with E-state index < -0.39 is 4.92 Å². The van der Waals surface area contributed by atoms with Crippen LogP contribution in [-0.2, 0) is 11.3 Å². The Morgan fingerprint density at radius 3 is 2.63 bits per heavy atom. The Balaban J connectivity index is 1.41. The van der Waals surface area contributed by atoms with E-state index >= 15 is 0 Å². The number of morpholine rings is 1. The van der Waals surface area contributed by atoms with Crippen LogP contribution in [0, 0.1) is 10.1 Å². The van der Waals surface area contributed by atoms with E-state index in [0.29, 0.717) is 32.0 Å². The average molecular weight is 479 g/mol. The van der Waals surface area contributed by atoms with Crippen LogP contribution in [0.3, 0.4) is 0 Å². The molecule has 0 aliphatic carbocycles. The molecule has 2 saturated heterocycles. The highest BCUT2D eigenvalue weighted by Crippen LogP contribution is 2.32. The van der Waals surface area contributed by atoms with E-state index in [1.54, 1.807) is 6.07 Å². The van der Waals surface area contributed by atoms with Gasteiger partial charge in [0.15, 0.2) is 0 Å². The predicted octanol–water partition coefficient (Wildman–Crippen LogP) is 3.52. The maximum absolute atomic E-state index is 13.0. The van der Waals surface area contributed by atoms with Crippen LogP contribution in [0.1, 0.15) is 29.6 Å². The lowest BCUT2D eigenvalue weighted by molar-refractivity contribution is -0.384. The van der Waals surface area contributed by atoms with Crippen LogP contribution in [-0.4, -0.2) is 71.4 Å². The van der Waals surface area contributed by atoms with Gasteiger partial charge in [0.05, 0.1) is 41.6 Å². The van der Waals surface area contributed by atoms with Crippen LogP contribution in [0.2, 0.25) is 0 Å². The third-order valence-electron chi connectivity index (χ3n) is 6.68. The summed E-state index contributed by atoms with van der Waals surface area (Å²) in [6.07, 6.45) is 5.86. The fraction of sp³-hybridized carbons (Fsp3) is 0.440. The first-order valence-electron chi connectivity index (χ1n) is 12.2. The number of ether oxygens (including phenoxy) is 1. The number of anilines is 2. The molecule has 1 N–H and O–H groups in total. The molecule has 3 heterocycles. The van der Waals surface area contributed by atoms with Gasteiger partial charge in [0.25, 0.3) is 11.6 Å². The van der Waals surface area contributed by atoms with Crippen molar-refractivity contribution >= 4 is 33.9 Å². The van der Waals surface area contributed by atoms with Crippen molar-refractivity contribution in [1.29, 1.82) is 0 Å². The highest BCUT2D eigenvalue weighted by atomic mass is 16.6. The van der Waals surface area contributed by atoms with E-state index in [4.69, 9.17) is 9.84 Å². The minimum absolute atomic E-state index is 0.114. The molecule has 0 bridgehead atoms. The van der Waals surface area contributed by atoms with Crippen molar-refractivity contribution in [2.75, 3.05) is 56.2 Å². The second kappa shape index (κ2) is 10.4. The van der Waals surface area contributed by atoms with Gasteiger partial charge in [0.1, 0.15) is 0 Å². The average Bonchev–Trinajstić information content (AvgIpc) is 3.30. The zero-order valence-corrected chi connectivity index (χ0v) is 19.7. The third-order valence-corrected chi connectivity index (χ3v) is 6.68. The molecule has 3 aromatic rings. The number of benzene rings is 2. The van der Waals surface area contributed by atoms with Crippen LogP contribution in [0.25, 0.3) is 10.9 Å². The van der Waals surface area contributed by atoms with Crippen molar-refractivity contribution in [2.45, 2.75) is 25.8 Å². The van der Waals surface area contributed by atoms with Crippen molar-refractivity contribution in [3.63, 3.8) is 0 Å². The number of amides is 1. The lowest BCUT2D eigenvalue weighted by Gasteiger charge is -2.30. The number of nitrogens with one attached hydrogen (secondary N) is 1. The molecule has 1 aromatic heterocycles. The number of nitro benzene ring substituents is 1. The largest absolute Gasteiger partial charge is 0.378 e. The summed E-state index contributed by atoms with van der Waals surface area (Å²) in [5, 5.41) is 19.9. The van der Waals surface area contributed by atoms with Gasteiger partial charge in [0.2, 0.25) is 0 Å². The lowest BCUT2D eigenvalue weighted by atomic mass is 10.1. The number of carbonyl (C=O) groups excluding carboxylic acids is 1. The lowest BCUT2D eigenvalue weighted by Crippen LogP contribution is -2.36. The molecule has 2 aromatic carbocycles. The standard InChI is InChI=1S/C25H30N6O4/c32-25(19-5-4-6-21(15-19)31(33)34)26-23-16-20-18-30(10-9-28-7-2-1-3-8-28)27-22(20)17-24(23)29-11-13-35-14-12-29/h4-6,15-18H,1-3,7-14H2,(H,26,32). The number of fused-ring (bicyclic) bond motifs is 1. The molecule has 2 fully saturated rings. The van der Waals surface area contributed by atoms with Gasteiger partial charge in [-0.3, -0.25) is 19.6 Å². The zero-order chi connectivity index (χ0) is 24.2. The Kier molecular flexibility index (Phi) is 6.91. The maximum atomic E-state index is 13.0. The van der Waals surface area contributed by atoms with Crippen molar-refractivity contribution < 1.29 is 14.5 Å². The number of piperidine rings is 1. The summed E-state index contributed by atoms with van der Waals surface area (Å²) < 4.78 is 7.49. The molecule has 2 aliphatic heterocycles. The second-order valence-electron chi connectivity index (χ2n) is 9.08. The molecular formula is C25H30N6O4. The molecule has 10 heteroatoms. The zero-order valence-electron chi connectivity index (χ0n) is 19.7. The number of carbonyl (C=O) groups is 1. The van der Waals surface area contributed by atoms with E-state index in [1.807, 2.05) is 23.0 Å². The summed E-state index contributed by atoms with van der Waals surface area (Å²) in [5.41, 5.74) is 2.53. The van der Waals surface area contributed by atoms with Gasteiger partial charge < -0.3 is 19.9 Å². The number of non-ortho nitro benzene ring substituents is 1. The number of likely N-dealkylation sites (tertiary alicyclic amines) is 1. The summed E-state index contributed by atoms with van der Waals surface area (Å²) >= 11 is 0. The Morgan fingerprint density at radius 1 is 1.06 bits per heavy atom. The summed E-state index contributed by atoms with van der Waals surface area (Å²) in [5.74, 6) is -0.389. The Hall–Kier alpha value is -3.50. The first-order valence-corrected chi connectivity index (χ1v) is 12.2. The van der Waals surface area contributed by atoms with Gasteiger partial charge in [-0.05, 0) is 44.1 Å². The number of nitro groups is 1. The molecule has 35 heavy (non-hydrogen) atoms. The molecule has 2 aliphatic rings. The second-order valence-corrected chi connectivity index (χ2v) is 9.08. The van der Waals surface area contributed by atoms with Crippen molar-refractivity contribution in [1.82, 2.24) is 14.7 Å². The van der Waals surface area contributed by atoms with Crippen LogP contribution < -0.4 is 10.2 Å². The summed E-state index contributed by atoms with van der Waals surface area (Å²) in [7, 11) is 0. The highest BCUT2D eigenvalue weighted by Gasteiger charge is 2.20. The number of hydrogen-bond acceptors (Lipinski definition) is 7. The molecule has 0 spiro atoms. The monoisotopic (exact) mass is 478 g/mol. The quantitative estimate of drug-likeness (QED) is 0.409. The Bertz CT molecular complexity index is 1210. The Labute approximate surface area is 203 Å². The maximum Gasteiger partial charge on any atom is 0.270 e. The molecule has 10 nitrogen and oxygen atoms in total. The van der Waals surface area contributed by atoms with Crippen LogP contribution >= 0.6 is 0 Å². The predicted molar refractivity (Wildman–Crippen MR) is 134 cm³/mol. The van der Waals surface area contributed by atoms with Crippen LogP contribution in [0.4, 0.5) is 17.1 Å². The molecule has 0 unspecified atom stereocenters. The summed E-state index contributed by atoms with van der Waals surface area (Å²) in [6, 6.07) is 9.72. The number of nitrogens with zero attached hydrogens (tertiary/aromatic N) is 5. The molecule has 0 radical (unpaired) electrons. The first kappa shape index (κ1) is 23.3. The van der Waals surface area contributed by atoms with Crippen LogP contribution in [0.15, 0.2) is 42.6 Å². The highest BCUT2D eigenvalue weighted by molar-refractivity contribution is 6.07. The topological polar surface area (TPSA) is 106 Å². The number of aromatic nitrogens is 2. The normalized spacial score (nSPS) is 17.0. The SMILES string of the molecule is O=C(Nc1cc2cn(CCN3CCCCC3)nc2cc1N1CCOCC1)c1cccc([N+](=O)[O-])c1. The van der Waals surface area contributed by atoms with E-state index in [0.717, 1.165) is 42.8 Å². The van der Waals surface area contributed by atoms with E-state index in [1.165, 1.54) is 37.5 Å². The number of hydrogen-bond donors (Lipinski definition) is 1. The third kappa shape index (κ3) is 5.44. The van der Waals surface area contributed by atoms with Gasteiger partial charge in [-0.15, -0.1) is 0 Å². The number of rotatable bonds is 7. The van der Waals surface area contributed by atoms with Crippen molar-refractivity contribution in [3.05, 3.63) is 58.3 Å². The van der Waals surface area contributed by atoms with Crippen molar-refractivity contribution in [2.24, 2.45) is 0 Å². The van der Waals surface area contributed by atoms with E-state index in [2.05, 4.69) is 15.1 Å².